The summed E-state index contributed by atoms with van der Waals surface area (Å²) in [5.41, 5.74) is 6.12. The fourth-order valence-electron chi connectivity index (χ4n) is 4.78. The molecule has 1 aliphatic heterocycles. The molecule has 0 unspecified atom stereocenters. The first-order chi connectivity index (χ1) is 18.8. The number of aliphatic hydroxyl groups is 1. The number of allylic oxidation sites excluding steroid dienone is 4. The van der Waals surface area contributed by atoms with E-state index >= 15 is 0 Å². The van der Waals surface area contributed by atoms with Crippen LogP contribution in [0.3, 0.4) is 0 Å². The molecule has 0 aromatic carbocycles. The van der Waals surface area contributed by atoms with Crippen LogP contribution in [0.1, 0.15) is 40.5 Å². The van der Waals surface area contributed by atoms with Crippen molar-refractivity contribution in [3.05, 3.63) is 58.6 Å². The number of hydrogen-bond donors (Lipinski definition) is 3. The average Bonchev–Trinajstić information content (AvgIpc) is 2.90. The molecule has 11 heteroatoms. The molecule has 40 heavy (non-hydrogen) atoms. The van der Waals surface area contributed by atoms with Gasteiger partial charge in [-0.1, -0.05) is 38.2 Å². The molecule has 2 aliphatic rings. The Morgan fingerprint density at radius 3 is 2.35 bits per heavy atom. The lowest BCUT2D eigenvalue weighted by molar-refractivity contribution is -0.120. The summed E-state index contributed by atoms with van der Waals surface area (Å²) in [6, 6.07) is 0. The fourth-order valence-corrected chi connectivity index (χ4v) is 4.78. The highest BCUT2D eigenvalue weighted by atomic mass is 16.6. The number of carbonyl (C=O) groups excluding carboxylic acids is 4. The fraction of sp³-hybridized carbons (Fsp3) is 0.517. The van der Waals surface area contributed by atoms with E-state index < -0.39 is 53.9 Å². The zero-order valence-corrected chi connectivity index (χ0v) is 24.1. The highest BCUT2D eigenvalue weighted by Gasteiger charge is 2.34. The Balaban J connectivity index is 2.60. The maximum absolute atomic E-state index is 13.3. The Kier molecular flexibility index (Phi) is 12.0. The molecule has 2 bridgehead atoms. The normalized spacial score (nSPS) is 30.6. The quantitative estimate of drug-likeness (QED) is 0.346. The number of nitrogens with two attached hydrogens (primary N) is 1. The first-order valence-electron chi connectivity index (χ1n) is 13.0. The van der Waals surface area contributed by atoms with E-state index in [0.717, 1.165) is 6.08 Å². The third-order valence-corrected chi connectivity index (χ3v) is 6.95. The van der Waals surface area contributed by atoms with Crippen LogP contribution in [0.25, 0.3) is 0 Å². The standard InChI is InChI=1S/C29H40N2O9/c1-15-11-19-25(34)20(14-21(32)27(19)39-7)31-28(35)16(2)9-8-10-22(37-5)26(40-29(30)36)18(4)13-17(3)24(33)23(12-15)38-6/h8-10,13-15,17,22-24,26,33H,11-12H2,1-7H3,(H2,30,36)(H,31,35)/b10-8?,16-9?,18-13-/t15-,17+,22+,23+,24-,26+/m1/s1. The smallest absolute Gasteiger partial charge is 0.405 e. The molecule has 2 amide bonds. The molecule has 0 radical (unpaired) electrons. The summed E-state index contributed by atoms with van der Waals surface area (Å²) >= 11 is 0. The van der Waals surface area contributed by atoms with Crippen molar-refractivity contribution < 1.29 is 43.2 Å². The lowest BCUT2D eigenvalue weighted by atomic mass is 9.85. The minimum absolute atomic E-state index is 0.0801. The minimum atomic E-state index is -1.00. The van der Waals surface area contributed by atoms with Crippen molar-refractivity contribution in [3.63, 3.8) is 0 Å². The van der Waals surface area contributed by atoms with Crippen molar-refractivity contribution >= 4 is 23.6 Å². The molecule has 2 rings (SSSR count). The number of carbonyl (C=O) groups is 4. The van der Waals surface area contributed by atoms with Gasteiger partial charge in [0, 0.05) is 37.4 Å². The summed E-state index contributed by atoms with van der Waals surface area (Å²) in [5, 5.41) is 13.7. The maximum atomic E-state index is 13.3. The predicted molar refractivity (Wildman–Crippen MR) is 147 cm³/mol. The van der Waals surface area contributed by atoms with Crippen LogP contribution in [-0.4, -0.2) is 74.4 Å². The van der Waals surface area contributed by atoms with Crippen molar-refractivity contribution in [2.45, 2.75) is 65.0 Å². The van der Waals surface area contributed by atoms with Gasteiger partial charge in [0.25, 0.3) is 5.91 Å². The van der Waals surface area contributed by atoms with E-state index in [9.17, 15) is 24.3 Å². The van der Waals surface area contributed by atoms with Crippen LogP contribution in [0, 0.1) is 11.8 Å². The molecule has 1 aliphatic carbocycles. The van der Waals surface area contributed by atoms with Gasteiger partial charge in [-0.25, -0.2) is 4.79 Å². The topological polar surface area (TPSA) is 163 Å². The monoisotopic (exact) mass is 560 g/mol. The van der Waals surface area contributed by atoms with Gasteiger partial charge >= 0.3 is 6.09 Å². The number of nitrogens with one attached hydrogen (secondary N) is 1. The molecule has 6 atom stereocenters. The molecule has 11 nitrogen and oxygen atoms in total. The van der Waals surface area contributed by atoms with Crippen LogP contribution in [-0.2, 0) is 33.3 Å². The second-order valence-corrected chi connectivity index (χ2v) is 10.1. The SMILES string of the molecule is COC1=C2C[C@@H](C)C[C@H](OC)[C@H](O)[C@@H](C)/C=C(/C)[C@H](OC(N)=O)[C@@H](OC)C=CC=C(C)C(=O)NC(=CC1=O)C2=O. The Labute approximate surface area is 234 Å². The summed E-state index contributed by atoms with van der Waals surface area (Å²) in [5.74, 6) is -2.39. The first kappa shape index (κ1) is 32.7. The molecule has 1 heterocycles. The van der Waals surface area contributed by atoms with E-state index in [0.29, 0.717) is 12.0 Å². The number of methoxy groups -OCH3 is 3. The van der Waals surface area contributed by atoms with E-state index in [4.69, 9.17) is 24.7 Å². The molecule has 0 spiro atoms. The number of fused-ring (bicyclic) bond motifs is 2. The van der Waals surface area contributed by atoms with Gasteiger partial charge in [0.05, 0.1) is 25.0 Å². The van der Waals surface area contributed by atoms with Crippen LogP contribution in [0.4, 0.5) is 4.79 Å². The van der Waals surface area contributed by atoms with Gasteiger partial charge in [-0.3, -0.25) is 14.4 Å². The van der Waals surface area contributed by atoms with Crippen molar-refractivity contribution in [3.8, 4) is 0 Å². The second-order valence-electron chi connectivity index (χ2n) is 10.1. The van der Waals surface area contributed by atoms with Gasteiger partial charge in [0.15, 0.2) is 11.9 Å². The van der Waals surface area contributed by atoms with E-state index in [1.165, 1.54) is 34.3 Å². The van der Waals surface area contributed by atoms with E-state index in [-0.39, 0.29) is 34.9 Å². The summed E-state index contributed by atoms with van der Waals surface area (Å²) in [6.45, 7) is 6.92. The lowest BCUT2D eigenvalue weighted by Crippen LogP contribution is -2.37. The zero-order chi connectivity index (χ0) is 30.1. The van der Waals surface area contributed by atoms with Crippen LogP contribution in [0.5, 0.6) is 0 Å². The van der Waals surface area contributed by atoms with Gasteiger partial charge in [-0.05, 0) is 38.2 Å². The molecule has 220 valence electrons. The van der Waals surface area contributed by atoms with Crippen molar-refractivity contribution in [2.75, 3.05) is 21.3 Å². The van der Waals surface area contributed by atoms with E-state index in [2.05, 4.69) is 5.32 Å². The van der Waals surface area contributed by atoms with Crippen LogP contribution in [0.15, 0.2) is 58.6 Å². The van der Waals surface area contributed by atoms with Gasteiger partial charge in [0.1, 0.15) is 6.10 Å². The Hall–Kier alpha value is -3.54. The number of ether oxygens (including phenoxy) is 4. The number of Topliss-reactive ketones (excluding diaryl/α,β-unsaturated/α-hetero) is 1. The number of aliphatic hydroxyl groups excluding tert-OH is 1. The number of rotatable bonds is 4. The van der Waals surface area contributed by atoms with E-state index in [1.54, 1.807) is 32.1 Å². The Morgan fingerprint density at radius 2 is 1.77 bits per heavy atom. The first-order valence-corrected chi connectivity index (χ1v) is 13.0. The van der Waals surface area contributed by atoms with Gasteiger partial charge in [0.2, 0.25) is 11.6 Å². The van der Waals surface area contributed by atoms with Gasteiger partial charge < -0.3 is 35.1 Å². The Bertz CT molecular complexity index is 1150. The number of amides is 2. The van der Waals surface area contributed by atoms with E-state index in [1.807, 2.05) is 6.92 Å². The van der Waals surface area contributed by atoms with Gasteiger partial charge in [-0.2, -0.15) is 0 Å². The number of primary amides is 1. The molecule has 0 aromatic heterocycles. The Morgan fingerprint density at radius 1 is 1.10 bits per heavy atom. The highest BCUT2D eigenvalue weighted by molar-refractivity contribution is 6.23. The highest BCUT2D eigenvalue weighted by Crippen LogP contribution is 2.29. The molecular formula is C29H40N2O9. The summed E-state index contributed by atoms with van der Waals surface area (Å²) < 4.78 is 21.7. The van der Waals surface area contributed by atoms with Crippen LogP contribution >= 0.6 is 0 Å². The molecule has 4 N–H and O–H groups in total. The molecule has 0 aromatic rings. The summed E-state index contributed by atoms with van der Waals surface area (Å²) in [7, 11) is 4.21. The number of hydrogen-bond acceptors (Lipinski definition) is 9. The predicted octanol–water partition coefficient (Wildman–Crippen LogP) is 2.41. The van der Waals surface area contributed by atoms with Crippen molar-refractivity contribution in [2.24, 2.45) is 17.6 Å². The zero-order valence-electron chi connectivity index (χ0n) is 24.1. The third-order valence-electron chi connectivity index (χ3n) is 6.95. The maximum Gasteiger partial charge on any atom is 0.405 e. The van der Waals surface area contributed by atoms with Gasteiger partial charge in [-0.15, -0.1) is 0 Å². The second kappa shape index (κ2) is 14.7. The third kappa shape index (κ3) is 8.23. The molecule has 0 saturated heterocycles. The van der Waals surface area contributed by atoms with Crippen molar-refractivity contribution in [1.29, 1.82) is 0 Å². The van der Waals surface area contributed by atoms with Crippen molar-refractivity contribution in [1.82, 2.24) is 5.32 Å². The number of ketones is 2. The molecule has 0 fully saturated rings. The lowest BCUT2D eigenvalue weighted by Gasteiger charge is -2.29. The summed E-state index contributed by atoms with van der Waals surface area (Å²) in [4.78, 5) is 50.6. The minimum Gasteiger partial charge on any atom is -0.492 e. The van der Waals surface area contributed by atoms with Crippen LogP contribution < -0.4 is 11.1 Å². The summed E-state index contributed by atoms with van der Waals surface area (Å²) in [6.07, 6.45) is 3.61. The average molecular weight is 561 g/mol. The largest absolute Gasteiger partial charge is 0.492 e. The van der Waals surface area contributed by atoms with Crippen LogP contribution in [0.2, 0.25) is 0 Å². The molecular weight excluding hydrogens is 520 g/mol. The molecule has 0 saturated carbocycles.